The summed E-state index contributed by atoms with van der Waals surface area (Å²) in [6.07, 6.45) is 1.64. The number of nitrogens with zero attached hydrogens (tertiary/aromatic N) is 3. The summed E-state index contributed by atoms with van der Waals surface area (Å²) >= 11 is 1.41. The van der Waals surface area contributed by atoms with Gasteiger partial charge in [-0.05, 0) is 24.3 Å². The molecule has 6 nitrogen and oxygen atoms in total. The Hall–Kier alpha value is -3.19. The number of amides is 1. The summed E-state index contributed by atoms with van der Waals surface area (Å²) < 4.78 is 0. The number of carbonyl (C=O) groups is 1. The molecule has 3 aromatic rings. The quantitative estimate of drug-likeness (QED) is 0.468. The minimum Gasteiger partial charge on any atom is -0.337 e. The average molecular weight is 379 g/mol. The van der Waals surface area contributed by atoms with Gasteiger partial charge >= 0.3 is 0 Å². The molecule has 0 aliphatic carbocycles. The van der Waals surface area contributed by atoms with Crippen LogP contribution in [0.15, 0.2) is 82.8 Å². The zero-order valence-electron chi connectivity index (χ0n) is 14.6. The molecule has 136 valence electrons. The molecule has 3 rings (SSSR count). The highest BCUT2D eigenvalue weighted by molar-refractivity contribution is 7.99. The van der Waals surface area contributed by atoms with E-state index in [9.17, 15) is 14.9 Å². The third-order valence-corrected chi connectivity index (χ3v) is 4.93. The summed E-state index contributed by atoms with van der Waals surface area (Å²) in [6.45, 7) is 0.139. The molecule has 0 N–H and O–H groups in total. The van der Waals surface area contributed by atoms with Crippen molar-refractivity contribution in [1.29, 1.82) is 0 Å². The number of para-hydroxylation sites is 1. The zero-order valence-corrected chi connectivity index (χ0v) is 15.4. The molecule has 0 radical (unpaired) electrons. The first-order valence-electron chi connectivity index (χ1n) is 8.22. The van der Waals surface area contributed by atoms with Crippen molar-refractivity contribution in [1.82, 2.24) is 9.88 Å². The van der Waals surface area contributed by atoms with Crippen molar-refractivity contribution in [2.24, 2.45) is 0 Å². The minimum absolute atomic E-state index is 0.00206. The second kappa shape index (κ2) is 8.46. The lowest BCUT2D eigenvalue weighted by atomic mass is 10.1. The summed E-state index contributed by atoms with van der Waals surface area (Å²) in [5, 5.41) is 11.8. The normalized spacial score (nSPS) is 10.4. The van der Waals surface area contributed by atoms with Gasteiger partial charge in [0, 0.05) is 29.8 Å². The van der Waals surface area contributed by atoms with Gasteiger partial charge in [-0.25, -0.2) is 4.98 Å². The first kappa shape index (κ1) is 18.6. The van der Waals surface area contributed by atoms with Crippen molar-refractivity contribution in [3.8, 4) is 0 Å². The Morgan fingerprint density at radius 2 is 1.78 bits per heavy atom. The van der Waals surface area contributed by atoms with E-state index in [1.807, 2.05) is 30.3 Å². The SMILES string of the molecule is CN(Cc1ccccc1[N+](=O)[O-])C(=O)c1cccnc1Sc1ccccc1. The van der Waals surface area contributed by atoms with Crippen LogP contribution in [0.3, 0.4) is 0 Å². The van der Waals surface area contributed by atoms with E-state index in [1.165, 1.54) is 22.7 Å². The molecule has 1 amide bonds. The Kier molecular flexibility index (Phi) is 5.83. The van der Waals surface area contributed by atoms with Crippen molar-refractivity contribution in [3.63, 3.8) is 0 Å². The van der Waals surface area contributed by atoms with Gasteiger partial charge in [0.2, 0.25) is 0 Å². The molecule has 0 unspecified atom stereocenters. The van der Waals surface area contributed by atoms with Crippen LogP contribution in [0.5, 0.6) is 0 Å². The number of hydrogen-bond acceptors (Lipinski definition) is 5. The first-order chi connectivity index (χ1) is 13.1. The molecule has 0 atom stereocenters. The molecule has 1 heterocycles. The van der Waals surface area contributed by atoms with Crippen molar-refractivity contribution >= 4 is 23.4 Å². The maximum absolute atomic E-state index is 12.9. The number of aromatic nitrogens is 1. The predicted molar refractivity (Wildman–Crippen MR) is 104 cm³/mol. The Balaban J connectivity index is 1.83. The minimum atomic E-state index is -0.436. The average Bonchev–Trinajstić information content (AvgIpc) is 2.69. The first-order valence-corrected chi connectivity index (χ1v) is 9.03. The van der Waals surface area contributed by atoms with E-state index in [2.05, 4.69) is 4.98 Å². The number of nitro groups is 1. The third kappa shape index (κ3) is 4.51. The van der Waals surface area contributed by atoms with Crippen molar-refractivity contribution in [3.05, 3.63) is 94.2 Å². The lowest BCUT2D eigenvalue weighted by molar-refractivity contribution is -0.385. The Morgan fingerprint density at radius 1 is 1.07 bits per heavy atom. The highest BCUT2D eigenvalue weighted by atomic mass is 32.2. The van der Waals surface area contributed by atoms with Crippen LogP contribution in [0.4, 0.5) is 5.69 Å². The van der Waals surface area contributed by atoms with E-state index in [1.54, 1.807) is 43.6 Å². The van der Waals surface area contributed by atoms with Gasteiger partial charge in [-0.3, -0.25) is 14.9 Å². The smallest absolute Gasteiger partial charge is 0.274 e. The molecule has 0 aliphatic rings. The highest BCUT2D eigenvalue weighted by Crippen LogP contribution is 2.29. The molecule has 0 bridgehead atoms. The van der Waals surface area contributed by atoms with Crippen LogP contribution < -0.4 is 0 Å². The largest absolute Gasteiger partial charge is 0.337 e. The van der Waals surface area contributed by atoms with E-state index in [0.717, 1.165) is 4.90 Å². The lowest BCUT2D eigenvalue weighted by Crippen LogP contribution is -2.27. The molecular formula is C20H17N3O3S. The van der Waals surface area contributed by atoms with E-state index in [0.29, 0.717) is 16.2 Å². The summed E-state index contributed by atoms with van der Waals surface area (Å²) in [6, 6.07) is 19.5. The molecular weight excluding hydrogens is 362 g/mol. The maximum atomic E-state index is 12.9. The molecule has 27 heavy (non-hydrogen) atoms. The fourth-order valence-corrected chi connectivity index (χ4v) is 3.49. The number of carbonyl (C=O) groups excluding carboxylic acids is 1. The maximum Gasteiger partial charge on any atom is 0.274 e. The van der Waals surface area contributed by atoms with Crippen LogP contribution in [0.1, 0.15) is 15.9 Å². The van der Waals surface area contributed by atoms with Gasteiger partial charge in [0.1, 0.15) is 5.03 Å². The summed E-state index contributed by atoms with van der Waals surface area (Å²) in [5.41, 5.74) is 0.953. The Morgan fingerprint density at radius 3 is 2.52 bits per heavy atom. The van der Waals surface area contributed by atoms with Gasteiger partial charge in [-0.2, -0.15) is 0 Å². The summed E-state index contributed by atoms with van der Waals surface area (Å²) in [5.74, 6) is -0.236. The van der Waals surface area contributed by atoms with E-state index in [4.69, 9.17) is 0 Å². The molecule has 2 aromatic carbocycles. The van der Waals surface area contributed by atoms with Crippen LogP contribution in [0.25, 0.3) is 0 Å². The van der Waals surface area contributed by atoms with Gasteiger partial charge < -0.3 is 4.90 Å². The summed E-state index contributed by atoms with van der Waals surface area (Å²) in [4.78, 5) is 30.5. The molecule has 0 saturated heterocycles. The zero-order chi connectivity index (χ0) is 19.2. The van der Waals surface area contributed by atoms with E-state index >= 15 is 0 Å². The third-order valence-electron chi connectivity index (χ3n) is 3.90. The Labute approximate surface area is 161 Å². The van der Waals surface area contributed by atoms with E-state index < -0.39 is 4.92 Å². The number of rotatable bonds is 6. The van der Waals surface area contributed by atoms with Crippen LogP contribution >= 0.6 is 11.8 Å². The standard InChI is InChI=1S/C20H17N3O3S/c1-22(14-15-8-5-6-12-18(15)23(25)26)20(24)17-11-7-13-21-19(17)27-16-9-3-2-4-10-16/h2-13H,14H2,1H3. The molecule has 0 fully saturated rings. The highest BCUT2D eigenvalue weighted by Gasteiger charge is 2.20. The predicted octanol–water partition coefficient (Wildman–Crippen LogP) is 4.41. The van der Waals surface area contributed by atoms with Crippen LogP contribution in [-0.2, 0) is 6.54 Å². The molecule has 0 saturated carbocycles. The topological polar surface area (TPSA) is 76.3 Å². The van der Waals surface area contributed by atoms with Crippen LogP contribution in [0.2, 0.25) is 0 Å². The second-order valence-corrected chi connectivity index (χ2v) is 6.88. The van der Waals surface area contributed by atoms with Gasteiger partial charge in [-0.1, -0.05) is 48.2 Å². The summed E-state index contributed by atoms with van der Waals surface area (Å²) in [7, 11) is 1.63. The van der Waals surface area contributed by atoms with Gasteiger partial charge in [0.05, 0.1) is 17.0 Å². The number of pyridine rings is 1. The monoisotopic (exact) mass is 379 g/mol. The second-order valence-electron chi connectivity index (χ2n) is 5.82. The van der Waals surface area contributed by atoms with Gasteiger partial charge in [0.25, 0.3) is 11.6 Å². The van der Waals surface area contributed by atoms with Crippen molar-refractivity contribution < 1.29 is 9.72 Å². The molecule has 7 heteroatoms. The molecule has 0 spiro atoms. The number of nitro benzene ring substituents is 1. The van der Waals surface area contributed by atoms with Crippen molar-refractivity contribution in [2.75, 3.05) is 7.05 Å². The lowest BCUT2D eigenvalue weighted by Gasteiger charge is -2.18. The van der Waals surface area contributed by atoms with Gasteiger partial charge in [0.15, 0.2) is 0 Å². The van der Waals surface area contributed by atoms with Crippen LogP contribution in [0, 0.1) is 10.1 Å². The molecule has 1 aromatic heterocycles. The Bertz CT molecular complexity index is 963. The number of benzene rings is 2. The van der Waals surface area contributed by atoms with Crippen molar-refractivity contribution in [2.45, 2.75) is 16.5 Å². The fraction of sp³-hybridized carbons (Fsp3) is 0.100. The number of hydrogen-bond donors (Lipinski definition) is 0. The fourth-order valence-electron chi connectivity index (χ4n) is 2.59. The molecule has 0 aliphatic heterocycles. The van der Waals surface area contributed by atoms with Gasteiger partial charge in [-0.15, -0.1) is 0 Å². The van der Waals surface area contributed by atoms with Crippen LogP contribution in [-0.4, -0.2) is 27.8 Å². The van der Waals surface area contributed by atoms with E-state index in [-0.39, 0.29) is 18.1 Å².